The molecule has 0 bridgehead atoms. The maximum Gasteiger partial charge on any atom is 0.227 e. The summed E-state index contributed by atoms with van der Waals surface area (Å²) in [5.74, 6) is 1.03. The average Bonchev–Trinajstić information content (AvgIpc) is 2.94. The first kappa shape index (κ1) is 13.9. The standard InChI is InChI=1S/C16H23NO2/c1-3-17(14-9-5-6-10-14)16(18)12-13-8-4-7-11-15(13)19-2/h4,7-8,11,14H,3,5-6,9-10,12H2,1-2H3. The van der Waals surface area contributed by atoms with Crippen molar-refractivity contribution in [1.82, 2.24) is 4.90 Å². The first-order valence-electron chi connectivity index (χ1n) is 7.17. The molecule has 1 aliphatic rings. The third kappa shape index (κ3) is 3.28. The molecule has 0 heterocycles. The summed E-state index contributed by atoms with van der Waals surface area (Å²) in [6, 6.07) is 8.22. The van der Waals surface area contributed by atoms with Gasteiger partial charge in [-0.3, -0.25) is 4.79 Å². The van der Waals surface area contributed by atoms with E-state index in [0.717, 1.165) is 30.7 Å². The SMILES string of the molecule is CCN(C(=O)Cc1ccccc1OC)C1CCCC1. The zero-order valence-corrected chi connectivity index (χ0v) is 11.9. The molecule has 0 unspecified atom stereocenters. The van der Waals surface area contributed by atoms with Gasteiger partial charge in [-0.2, -0.15) is 0 Å². The van der Waals surface area contributed by atoms with Gasteiger partial charge in [0.05, 0.1) is 13.5 Å². The summed E-state index contributed by atoms with van der Waals surface area (Å²) in [6.45, 7) is 2.87. The van der Waals surface area contributed by atoms with E-state index >= 15 is 0 Å². The summed E-state index contributed by atoms with van der Waals surface area (Å²) >= 11 is 0. The van der Waals surface area contributed by atoms with Crippen LogP contribution in [-0.2, 0) is 11.2 Å². The minimum atomic E-state index is 0.221. The van der Waals surface area contributed by atoms with Gasteiger partial charge in [-0.1, -0.05) is 31.0 Å². The van der Waals surface area contributed by atoms with Crippen LogP contribution in [0.1, 0.15) is 38.2 Å². The summed E-state index contributed by atoms with van der Waals surface area (Å²) in [7, 11) is 1.65. The molecule has 0 atom stereocenters. The maximum absolute atomic E-state index is 12.5. The van der Waals surface area contributed by atoms with E-state index < -0.39 is 0 Å². The molecule has 3 heteroatoms. The highest BCUT2D eigenvalue weighted by Gasteiger charge is 2.25. The number of hydrogen-bond donors (Lipinski definition) is 0. The van der Waals surface area contributed by atoms with Crippen LogP contribution in [-0.4, -0.2) is 30.5 Å². The van der Waals surface area contributed by atoms with Crippen molar-refractivity contribution in [3.63, 3.8) is 0 Å². The number of ether oxygens (including phenoxy) is 1. The highest BCUT2D eigenvalue weighted by Crippen LogP contribution is 2.25. The topological polar surface area (TPSA) is 29.5 Å². The largest absolute Gasteiger partial charge is 0.496 e. The molecular formula is C16H23NO2. The lowest BCUT2D eigenvalue weighted by atomic mass is 10.1. The number of carbonyl (C=O) groups is 1. The Hall–Kier alpha value is -1.51. The van der Waals surface area contributed by atoms with Crippen LogP contribution < -0.4 is 4.74 Å². The molecule has 1 amide bonds. The van der Waals surface area contributed by atoms with Crippen LogP contribution in [0.25, 0.3) is 0 Å². The van der Waals surface area contributed by atoms with Gasteiger partial charge in [0, 0.05) is 18.2 Å². The van der Waals surface area contributed by atoms with Crippen molar-refractivity contribution in [2.45, 2.75) is 45.1 Å². The van der Waals surface area contributed by atoms with Crippen LogP contribution in [0.2, 0.25) is 0 Å². The van der Waals surface area contributed by atoms with Crippen LogP contribution in [0.5, 0.6) is 5.75 Å². The van der Waals surface area contributed by atoms with E-state index in [2.05, 4.69) is 6.92 Å². The quantitative estimate of drug-likeness (QED) is 0.815. The lowest BCUT2D eigenvalue weighted by Gasteiger charge is -2.28. The minimum Gasteiger partial charge on any atom is -0.496 e. The molecule has 0 aromatic heterocycles. The van der Waals surface area contributed by atoms with E-state index in [1.54, 1.807) is 7.11 Å². The van der Waals surface area contributed by atoms with E-state index in [9.17, 15) is 4.79 Å². The van der Waals surface area contributed by atoms with E-state index in [4.69, 9.17) is 4.74 Å². The molecule has 1 aliphatic carbocycles. The molecule has 2 rings (SSSR count). The third-order valence-electron chi connectivity index (χ3n) is 3.96. The predicted molar refractivity (Wildman–Crippen MR) is 76.3 cm³/mol. The second kappa shape index (κ2) is 6.60. The van der Waals surface area contributed by atoms with Gasteiger partial charge in [-0.25, -0.2) is 0 Å². The van der Waals surface area contributed by atoms with Crippen LogP contribution in [0, 0.1) is 0 Å². The van der Waals surface area contributed by atoms with Crippen molar-refractivity contribution in [2.24, 2.45) is 0 Å². The van der Waals surface area contributed by atoms with Crippen molar-refractivity contribution in [3.05, 3.63) is 29.8 Å². The Morgan fingerprint density at radius 3 is 2.63 bits per heavy atom. The second-order valence-corrected chi connectivity index (χ2v) is 5.11. The monoisotopic (exact) mass is 261 g/mol. The van der Waals surface area contributed by atoms with E-state index in [1.807, 2.05) is 29.2 Å². The number of nitrogens with zero attached hydrogens (tertiary/aromatic N) is 1. The fourth-order valence-corrected chi connectivity index (χ4v) is 2.97. The molecule has 3 nitrogen and oxygen atoms in total. The average molecular weight is 261 g/mol. The molecule has 1 aromatic rings. The zero-order chi connectivity index (χ0) is 13.7. The summed E-state index contributed by atoms with van der Waals surface area (Å²) in [5.41, 5.74) is 0.978. The summed E-state index contributed by atoms with van der Waals surface area (Å²) in [5, 5.41) is 0. The van der Waals surface area contributed by atoms with Crippen molar-refractivity contribution >= 4 is 5.91 Å². The fraction of sp³-hybridized carbons (Fsp3) is 0.562. The molecule has 1 saturated carbocycles. The van der Waals surface area contributed by atoms with Gasteiger partial charge >= 0.3 is 0 Å². The van der Waals surface area contributed by atoms with Crippen LogP contribution in [0.15, 0.2) is 24.3 Å². The Labute approximate surface area is 115 Å². The number of methoxy groups -OCH3 is 1. The molecule has 19 heavy (non-hydrogen) atoms. The Balaban J connectivity index is 2.06. The molecule has 104 valence electrons. The molecule has 1 fully saturated rings. The molecule has 0 radical (unpaired) electrons. The number of rotatable bonds is 5. The number of hydrogen-bond acceptors (Lipinski definition) is 2. The zero-order valence-electron chi connectivity index (χ0n) is 11.9. The molecule has 0 saturated heterocycles. The van der Waals surface area contributed by atoms with Crippen LogP contribution in [0.4, 0.5) is 0 Å². The van der Waals surface area contributed by atoms with Crippen LogP contribution in [0.3, 0.4) is 0 Å². The number of para-hydroxylation sites is 1. The van der Waals surface area contributed by atoms with E-state index in [0.29, 0.717) is 12.5 Å². The van der Waals surface area contributed by atoms with Gasteiger partial charge in [0.2, 0.25) is 5.91 Å². The van der Waals surface area contributed by atoms with E-state index in [-0.39, 0.29) is 5.91 Å². The smallest absolute Gasteiger partial charge is 0.227 e. The maximum atomic E-state index is 12.5. The van der Waals surface area contributed by atoms with Gasteiger partial charge in [-0.05, 0) is 25.8 Å². The number of amides is 1. The molecule has 1 aromatic carbocycles. The predicted octanol–water partition coefficient (Wildman–Crippen LogP) is 3.03. The van der Waals surface area contributed by atoms with Gasteiger partial charge in [0.15, 0.2) is 0 Å². The van der Waals surface area contributed by atoms with Gasteiger partial charge < -0.3 is 9.64 Å². The summed E-state index contributed by atoms with van der Waals surface area (Å²) in [4.78, 5) is 14.5. The van der Waals surface area contributed by atoms with Crippen molar-refractivity contribution in [1.29, 1.82) is 0 Å². The molecular weight excluding hydrogens is 238 g/mol. The third-order valence-corrected chi connectivity index (χ3v) is 3.96. The van der Waals surface area contributed by atoms with Crippen LogP contribution >= 0.6 is 0 Å². The van der Waals surface area contributed by atoms with Gasteiger partial charge in [0.1, 0.15) is 5.75 Å². The summed E-state index contributed by atoms with van der Waals surface area (Å²) in [6.07, 6.45) is 5.26. The van der Waals surface area contributed by atoms with Crippen molar-refractivity contribution in [3.8, 4) is 5.75 Å². The number of carbonyl (C=O) groups excluding carboxylic acids is 1. The normalized spacial score (nSPS) is 15.5. The molecule has 0 aliphatic heterocycles. The van der Waals surface area contributed by atoms with E-state index in [1.165, 1.54) is 12.8 Å². The first-order valence-corrected chi connectivity index (χ1v) is 7.17. The Bertz CT molecular complexity index is 425. The van der Waals surface area contributed by atoms with Gasteiger partial charge in [-0.15, -0.1) is 0 Å². The lowest BCUT2D eigenvalue weighted by molar-refractivity contribution is -0.132. The Kier molecular flexibility index (Phi) is 4.83. The molecule has 0 spiro atoms. The lowest BCUT2D eigenvalue weighted by Crippen LogP contribution is -2.39. The minimum absolute atomic E-state index is 0.221. The van der Waals surface area contributed by atoms with Gasteiger partial charge in [0.25, 0.3) is 0 Å². The van der Waals surface area contributed by atoms with Crippen molar-refractivity contribution < 1.29 is 9.53 Å². The number of likely N-dealkylation sites (N-methyl/N-ethyl adjacent to an activating group) is 1. The highest BCUT2D eigenvalue weighted by atomic mass is 16.5. The second-order valence-electron chi connectivity index (χ2n) is 5.11. The number of benzene rings is 1. The molecule has 0 N–H and O–H groups in total. The Morgan fingerprint density at radius 2 is 2.00 bits per heavy atom. The summed E-state index contributed by atoms with van der Waals surface area (Å²) < 4.78 is 5.31. The highest BCUT2D eigenvalue weighted by molar-refractivity contribution is 5.79. The fourth-order valence-electron chi connectivity index (χ4n) is 2.97. The first-order chi connectivity index (χ1) is 9.26. The Morgan fingerprint density at radius 1 is 1.32 bits per heavy atom. The van der Waals surface area contributed by atoms with Crippen molar-refractivity contribution in [2.75, 3.05) is 13.7 Å².